The summed E-state index contributed by atoms with van der Waals surface area (Å²) >= 11 is 6.72. The van der Waals surface area contributed by atoms with Crippen molar-refractivity contribution in [2.45, 2.75) is 56.4 Å². The van der Waals surface area contributed by atoms with Crippen LogP contribution in [0.2, 0.25) is 5.02 Å². The van der Waals surface area contributed by atoms with Crippen LogP contribution in [0, 0.1) is 0 Å². The predicted octanol–water partition coefficient (Wildman–Crippen LogP) is 4.26. The Morgan fingerprint density at radius 3 is 2.74 bits per heavy atom. The van der Waals surface area contributed by atoms with Crippen LogP contribution in [0.15, 0.2) is 36.5 Å². The lowest BCUT2D eigenvalue weighted by Crippen LogP contribution is -2.46. The third kappa shape index (κ3) is 4.09. The number of aldehydes is 1. The van der Waals surface area contributed by atoms with Gasteiger partial charge in [0.05, 0.1) is 10.9 Å². The van der Waals surface area contributed by atoms with Gasteiger partial charge in [0.1, 0.15) is 12.1 Å². The molecule has 1 atom stereocenters. The van der Waals surface area contributed by atoms with Gasteiger partial charge in [0, 0.05) is 42.8 Å². The molecule has 1 spiro atoms. The lowest BCUT2D eigenvalue weighted by molar-refractivity contribution is -0.122. The number of piperidine rings is 1. The number of nitrogens with one attached hydrogen (secondary N) is 1. The van der Waals surface area contributed by atoms with Gasteiger partial charge in [0.15, 0.2) is 0 Å². The predicted molar refractivity (Wildman–Crippen MR) is 120 cm³/mol. The largest absolute Gasteiger partial charge is 0.359 e. The van der Waals surface area contributed by atoms with Crippen LogP contribution in [0.5, 0.6) is 0 Å². The Hall–Kier alpha value is -2.73. The second-order valence-corrected chi connectivity index (χ2v) is 8.71. The van der Waals surface area contributed by atoms with Crippen LogP contribution in [0.3, 0.4) is 0 Å². The number of rotatable bonds is 7. The summed E-state index contributed by atoms with van der Waals surface area (Å²) in [6, 6.07) is 9.36. The quantitative estimate of drug-likeness (QED) is 0.653. The lowest BCUT2D eigenvalue weighted by atomic mass is 9.91. The van der Waals surface area contributed by atoms with Gasteiger partial charge in [-0.2, -0.15) is 0 Å². The Bertz CT molecular complexity index is 1000. The molecule has 162 valence electrons. The third-order valence-electron chi connectivity index (χ3n) is 6.41. The van der Waals surface area contributed by atoms with E-state index >= 15 is 0 Å². The molecule has 1 aromatic heterocycles. The first-order valence-corrected chi connectivity index (χ1v) is 11.1. The van der Waals surface area contributed by atoms with E-state index in [2.05, 4.69) is 10.3 Å². The lowest BCUT2D eigenvalue weighted by Gasteiger charge is -2.35. The molecule has 1 N–H and O–H groups in total. The van der Waals surface area contributed by atoms with Crippen LogP contribution in [-0.4, -0.2) is 35.7 Å². The Morgan fingerprint density at radius 2 is 2.10 bits per heavy atom. The van der Waals surface area contributed by atoms with E-state index in [1.165, 1.54) is 0 Å². The molecule has 31 heavy (non-hydrogen) atoms. The fourth-order valence-electron chi connectivity index (χ4n) is 4.60. The van der Waals surface area contributed by atoms with E-state index in [0.29, 0.717) is 29.2 Å². The average molecular weight is 440 g/mol. The second kappa shape index (κ2) is 8.79. The number of carbonyl (C=O) groups is 3. The maximum atomic E-state index is 12.6. The number of nitrogens with zero attached hydrogens (tertiary/aromatic N) is 2. The zero-order chi connectivity index (χ0) is 22.0. The van der Waals surface area contributed by atoms with Gasteiger partial charge >= 0.3 is 0 Å². The van der Waals surface area contributed by atoms with E-state index in [-0.39, 0.29) is 23.8 Å². The minimum Gasteiger partial charge on any atom is -0.359 e. The molecule has 1 aliphatic heterocycles. The van der Waals surface area contributed by atoms with Crippen molar-refractivity contribution >= 4 is 35.5 Å². The van der Waals surface area contributed by atoms with Gasteiger partial charge in [0.2, 0.25) is 11.8 Å². The molecule has 1 aromatic carbocycles. The number of amides is 2. The molecule has 0 bridgehead atoms. The first-order chi connectivity index (χ1) is 15.0. The molecule has 1 unspecified atom stereocenters. The normalized spacial score (nSPS) is 18.0. The number of carbonyl (C=O) groups excluding carboxylic acids is 3. The number of benzene rings is 1. The van der Waals surface area contributed by atoms with E-state index in [1.54, 1.807) is 13.2 Å². The number of aromatic nitrogens is 1. The number of anilines is 1. The van der Waals surface area contributed by atoms with E-state index in [0.717, 1.165) is 43.1 Å². The Kier molecular flexibility index (Phi) is 6.10. The Morgan fingerprint density at radius 1 is 1.29 bits per heavy atom. The SMILES string of the molecule is CNC(=O)C(CCC=O)c1cccc(-c2ccc(N3C(=O)CCCC34CC4)nc2)c1Cl. The van der Waals surface area contributed by atoms with Gasteiger partial charge in [-0.25, -0.2) is 4.98 Å². The molecule has 2 aliphatic rings. The van der Waals surface area contributed by atoms with Gasteiger partial charge in [-0.05, 0) is 49.8 Å². The molecule has 1 saturated heterocycles. The van der Waals surface area contributed by atoms with Crippen molar-refractivity contribution in [2.75, 3.05) is 11.9 Å². The van der Waals surface area contributed by atoms with Gasteiger partial charge in [-0.1, -0.05) is 29.8 Å². The van der Waals surface area contributed by atoms with Crippen molar-refractivity contribution < 1.29 is 14.4 Å². The van der Waals surface area contributed by atoms with Crippen LogP contribution in [-0.2, 0) is 14.4 Å². The van der Waals surface area contributed by atoms with Crippen molar-refractivity contribution in [1.82, 2.24) is 10.3 Å². The van der Waals surface area contributed by atoms with Crippen LogP contribution in [0.1, 0.15) is 56.4 Å². The molecule has 0 radical (unpaired) electrons. The average Bonchev–Trinajstić information content (AvgIpc) is 3.54. The van der Waals surface area contributed by atoms with Gasteiger partial charge in [-0.3, -0.25) is 14.5 Å². The summed E-state index contributed by atoms with van der Waals surface area (Å²) in [6.45, 7) is 0. The van der Waals surface area contributed by atoms with Crippen molar-refractivity contribution in [3.63, 3.8) is 0 Å². The monoisotopic (exact) mass is 439 g/mol. The number of halogens is 1. The van der Waals surface area contributed by atoms with E-state index in [1.807, 2.05) is 35.2 Å². The molecule has 1 saturated carbocycles. The Balaban J connectivity index is 1.64. The summed E-state index contributed by atoms with van der Waals surface area (Å²) in [6.07, 6.45) is 7.85. The van der Waals surface area contributed by atoms with E-state index in [4.69, 9.17) is 11.6 Å². The smallest absolute Gasteiger partial charge is 0.228 e. The minimum atomic E-state index is -0.504. The fourth-order valence-corrected chi connectivity index (χ4v) is 4.97. The van der Waals surface area contributed by atoms with Crippen LogP contribution >= 0.6 is 11.6 Å². The highest BCUT2D eigenvalue weighted by atomic mass is 35.5. The second-order valence-electron chi connectivity index (χ2n) is 8.33. The van der Waals surface area contributed by atoms with E-state index in [9.17, 15) is 14.4 Å². The highest BCUT2D eigenvalue weighted by Crippen LogP contribution is 2.50. The Labute approximate surface area is 187 Å². The summed E-state index contributed by atoms with van der Waals surface area (Å²) in [5.74, 6) is 0.156. The summed E-state index contributed by atoms with van der Waals surface area (Å²) < 4.78 is 0. The molecule has 6 nitrogen and oxygen atoms in total. The molecule has 2 amide bonds. The zero-order valence-electron chi connectivity index (χ0n) is 17.6. The molecule has 1 aliphatic carbocycles. The highest BCUT2D eigenvalue weighted by Gasteiger charge is 2.52. The summed E-state index contributed by atoms with van der Waals surface area (Å²) in [7, 11) is 1.57. The molecule has 2 heterocycles. The highest BCUT2D eigenvalue weighted by molar-refractivity contribution is 6.34. The van der Waals surface area contributed by atoms with E-state index < -0.39 is 5.92 Å². The summed E-state index contributed by atoms with van der Waals surface area (Å²) in [4.78, 5) is 42.3. The summed E-state index contributed by atoms with van der Waals surface area (Å²) in [5, 5.41) is 3.13. The van der Waals surface area contributed by atoms with Crippen molar-refractivity contribution in [3.05, 3.63) is 47.1 Å². The first kappa shape index (κ1) is 21.5. The molecule has 4 rings (SSSR count). The molecule has 2 aromatic rings. The topological polar surface area (TPSA) is 79.4 Å². The first-order valence-electron chi connectivity index (χ1n) is 10.7. The van der Waals surface area contributed by atoms with Gasteiger partial charge < -0.3 is 10.1 Å². The number of pyridine rings is 1. The third-order valence-corrected chi connectivity index (χ3v) is 6.83. The number of hydrogen-bond donors (Lipinski definition) is 1. The van der Waals surface area contributed by atoms with Crippen LogP contribution < -0.4 is 10.2 Å². The maximum Gasteiger partial charge on any atom is 0.228 e. The van der Waals surface area contributed by atoms with Gasteiger partial charge in [-0.15, -0.1) is 0 Å². The summed E-state index contributed by atoms with van der Waals surface area (Å²) in [5.41, 5.74) is 2.24. The molecular formula is C24H26ClN3O3. The van der Waals surface area contributed by atoms with Crippen molar-refractivity contribution in [2.24, 2.45) is 0 Å². The molecule has 2 fully saturated rings. The van der Waals surface area contributed by atoms with Crippen molar-refractivity contribution in [3.8, 4) is 11.1 Å². The van der Waals surface area contributed by atoms with Crippen molar-refractivity contribution in [1.29, 1.82) is 0 Å². The molecular weight excluding hydrogens is 414 g/mol. The van der Waals surface area contributed by atoms with Crippen LogP contribution in [0.4, 0.5) is 5.82 Å². The molecule has 7 heteroatoms. The fraction of sp³-hybridized carbons (Fsp3) is 0.417. The standard InChI is InChI=1S/C24H26ClN3O3/c1-26-23(31)19(7-4-14-29)18-6-2-5-17(22(18)25)16-9-10-20(27-15-16)28-21(30)8-3-11-24(28)12-13-24/h2,5-6,9-10,14-15,19H,3-4,7-8,11-13H2,1H3,(H,26,31). The van der Waals surface area contributed by atoms with Gasteiger partial charge in [0.25, 0.3) is 0 Å². The number of hydrogen-bond acceptors (Lipinski definition) is 4. The zero-order valence-corrected chi connectivity index (χ0v) is 18.3. The minimum absolute atomic E-state index is 0.0271. The van der Waals surface area contributed by atoms with Crippen LogP contribution in [0.25, 0.3) is 11.1 Å². The maximum absolute atomic E-state index is 12.6. The number of likely N-dealkylation sites (N-methyl/N-ethyl adjacent to an activating group) is 1.